The van der Waals surface area contributed by atoms with Crippen molar-refractivity contribution >= 4 is 0 Å². The number of ether oxygens (including phenoxy) is 1. The molecule has 0 aliphatic carbocycles. The largest absolute Gasteiger partial charge is 0.494 e. The van der Waals surface area contributed by atoms with E-state index in [4.69, 9.17) is 4.74 Å². The average molecular weight is 263 g/mol. The lowest BCUT2D eigenvalue weighted by atomic mass is 10.0. The molecule has 0 saturated heterocycles. The van der Waals surface area contributed by atoms with Crippen LogP contribution < -0.4 is 10.1 Å². The quantitative estimate of drug-likeness (QED) is 0.633. The lowest BCUT2D eigenvalue weighted by molar-refractivity contribution is 0.305. The van der Waals surface area contributed by atoms with Crippen molar-refractivity contribution in [1.29, 1.82) is 0 Å². The predicted octanol–water partition coefficient (Wildman–Crippen LogP) is 4.36. The molecule has 0 aliphatic rings. The lowest BCUT2D eigenvalue weighted by Crippen LogP contribution is -2.15. The van der Waals surface area contributed by atoms with Crippen LogP contribution in [0.4, 0.5) is 0 Å². The van der Waals surface area contributed by atoms with Crippen molar-refractivity contribution in [3.8, 4) is 5.75 Å². The molecule has 0 amide bonds. The Morgan fingerprint density at radius 3 is 2.37 bits per heavy atom. The molecule has 0 heterocycles. The first-order valence-electron chi connectivity index (χ1n) is 7.67. The van der Waals surface area contributed by atoms with Crippen LogP contribution in [-0.4, -0.2) is 19.7 Å². The molecule has 0 aromatic heterocycles. The number of rotatable bonds is 10. The van der Waals surface area contributed by atoms with E-state index in [1.165, 1.54) is 24.8 Å². The molecule has 0 fully saturated rings. The Labute approximate surface area is 118 Å². The molecule has 2 nitrogen and oxygen atoms in total. The Morgan fingerprint density at radius 2 is 1.74 bits per heavy atom. The first kappa shape index (κ1) is 16.0. The second-order valence-corrected chi connectivity index (χ2v) is 5.38. The van der Waals surface area contributed by atoms with Crippen molar-refractivity contribution in [2.45, 2.75) is 52.4 Å². The van der Waals surface area contributed by atoms with E-state index in [2.05, 4.69) is 50.4 Å². The maximum Gasteiger partial charge on any atom is 0.119 e. The molecule has 2 heteroatoms. The van der Waals surface area contributed by atoms with E-state index in [0.29, 0.717) is 5.92 Å². The number of hydrogen-bond donors (Lipinski definition) is 1. The van der Waals surface area contributed by atoms with Gasteiger partial charge in [-0.3, -0.25) is 0 Å². The highest BCUT2D eigenvalue weighted by Gasteiger charge is 1.99. The summed E-state index contributed by atoms with van der Waals surface area (Å²) >= 11 is 0. The van der Waals surface area contributed by atoms with Crippen molar-refractivity contribution in [2.75, 3.05) is 19.7 Å². The summed E-state index contributed by atoms with van der Waals surface area (Å²) in [6.45, 7) is 9.72. The summed E-state index contributed by atoms with van der Waals surface area (Å²) in [6.07, 6.45) is 4.84. The third-order valence-corrected chi connectivity index (χ3v) is 3.24. The van der Waals surface area contributed by atoms with Gasteiger partial charge in [-0.2, -0.15) is 0 Å². The van der Waals surface area contributed by atoms with Crippen molar-refractivity contribution in [2.24, 2.45) is 0 Å². The maximum absolute atomic E-state index is 5.75. The van der Waals surface area contributed by atoms with Crippen LogP contribution in [0, 0.1) is 0 Å². The zero-order chi connectivity index (χ0) is 13.9. The van der Waals surface area contributed by atoms with Gasteiger partial charge in [0.15, 0.2) is 0 Å². The fourth-order valence-corrected chi connectivity index (χ4v) is 1.97. The topological polar surface area (TPSA) is 21.3 Å². The van der Waals surface area contributed by atoms with Crippen LogP contribution in [0.15, 0.2) is 24.3 Å². The van der Waals surface area contributed by atoms with Crippen LogP contribution in [0.5, 0.6) is 5.75 Å². The molecular weight excluding hydrogens is 234 g/mol. The van der Waals surface area contributed by atoms with E-state index in [9.17, 15) is 0 Å². The van der Waals surface area contributed by atoms with E-state index in [1.807, 2.05) is 0 Å². The summed E-state index contributed by atoms with van der Waals surface area (Å²) in [6, 6.07) is 8.49. The molecule has 0 bridgehead atoms. The third kappa shape index (κ3) is 7.22. The van der Waals surface area contributed by atoms with Crippen LogP contribution in [0.2, 0.25) is 0 Å². The predicted molar refractivity (Wildman–Crippen MR) is 83.0 cm³/mol. The fraction of sp³-hybridized carbons (Fsp3) is 0.647. The Kier molecular flexibility index (Phi) is 8.31. The Morgan fingerprint density at radius 1 is 1.00 bits per heavy atom. The summed E-state index contributed by atoms with van der Waals surface area (Å²) in [5.74, 6) is 1.58. The van der Waals surface area contributed by atoms with Crippen LogP contribution in [0.1, 0.15) is 57.9 Å². The van der Waals surface area contributed by atoms with Crippen molar-refractivity contribution in [3.63, 3.8) is 0 Å². The Balaban J connectivity index is 2.06. The zero-order valence-electron chi connectivity index (χ0n) is 12.7. The van der Waals surface area contributed by atoms with Gasteiger partial charge in [-0.15, -0.1) is 0 Å². The van der Waals surface area contributed by atoms with E-state index in [1.54, 1.807) is 0 Å². The number of benzene rings is 1. The van der Waals surface area contributed by atoms with Gasteiger partial charge in [0.05, 0.1) is 6.61 Å². The molecule has 1 N–H and O–H groups in total. The van der Waals surface area contributed by atoms with Crippen LogP contribution >= 0.6 is 0 Å². The molecule has 0 unspecified atom stereocenters. The minimum atomic E-state index is 0.588. The highest BCUT2D eigenvalue weighted by atomic mass is 16.5. The monoisotopic (exact) mass is 263 g/mol. The molecule has 1 aromatic rings. The summed E-state index contributed by atoms with van der Waals surface area (Å²) in [5.41, 5.74) is 1.37. The SMILES string of the molecule is CCCNCCCCCOc1ccc(C(C)C)cc1. The standard InChI is InChI=1S/C17H29NO/c1-4-12-18-13-6-5-7-14-19-17-10-8-16(9-11-17)15(2)3/h8-11,15,18H,4-7,12-14H2,1-3H3. The average Bonchev–Trinajstić information content (AvgIpc) is 2.42. The van der Waals surface area contributed by atoms with Crippen LogP contribution in [0.3, 0.4) is 0 Å². The molecule has 0 spiro atoms. The van der Waals surface area contributed by atoms with Gasteiger partial charge >= 0.3 is 0 Å². The molecule has 108 valence electrons. The van der Waals surface area contributed by atoms with Crippen molar-refractivity contribution < 1.29 is 4.74 Å². The molecule has 0 atom stereocenters. The molecule has 0 radical (unpaired) electrons. The van der Waals surface area contributed by atoms with E-state index < -0.39 is 0 Å². The highest BCUT2D eigenvalue weighted by molar-refractivity contribution is 5.28. The molecule has 0 aliphatic heterocycles. The molecular formula is C17H29NO. The molecule has 1 aromatic carbocycles. The molecule has 0 saturated carbocycles. The third-order valence-electron chi connectivity index (χ3n) is 3.24. The van der Waals surface area contributed by atoms with Gasteiger partial charge in [0, 0.05) is 0 Å². The van der Waals surface area contributed by atoms with Gasteiger partial charge in [-0.25, -0.2) is 0 Å². The second kappa shape index (κ2) is 9.85. The van der Waals surface area contributed by atoms with Crippen molar-refractivity contribution in [3.05, 3.63) is 29.8 Å². The van der Waals surface area contributed by atoms with Crippen molar-refractivity contribution in [1.82, 2.24) is 5.32 Å². The highest BCUT2D eigenvalue weighted by Crippen LogP contribution is 2.18. The first-order chi connectivity index (χ1) is 9.24. The summed E-state index contributed by atoms with van der Waals surface area (Å²) in [5, 5.41) is 3.42. The second-order valence-electron chi connectivity index (χ2n) is 5.38. The maximum atomic E-state index is 5.75. The normalized spacial score (nSPS) is 10.9. The summed E-state index contributed by atoms with van der Waals surface area (Å²) in [7, 11) is 0. The van der Waals surface area contributed by atoms with Crippen LogP contribution in [0.25, 0.3) is 0 Å². The van der Waals surface area contributed by atoms with E-state index in [-0.39, 0.29) is 0 Å². The number of unbranched alkanes of at least 4 members (excludes halogenated alkanes) is 2. The van der Waals surface area contributed by atoms with Gasteiger partial charge in [0.25, 0.3) is 0 Å². The lowest BCUT2D eigenvalue weighted by Gasteiger charge is -2.09. The zero-order valence-corrected chi connectivity index (χ0v) is 12.7. The minimum Gasteiger partial charge on any atom is -0.494 e. The minimum absolute atomic E-state index is 0.588. The molecule has 1 rings (SSSR count). The van der Waals surface area contributed by atoms with Gasteiger partial charge in [-0.1, -0.05) is 32.9 Å². The van der Waals surface area contributed by atoms with Crippen LogP contribution in [-0.2, 0) is 0 Å². The van der Waals surface area contributed by atoms with E-state index >= 15 is 0 Å². The van der Waals surface area contributed by atoms with Gasteiger partial charge in [0.2, 0.25) is 0 Å². The summed E-state index contributed by atoms with van der Waals surface area (Å²) < 4.78 is 5.75. The number of hydrogen-bond acceptors (Lipinski definition) is 2. The first-order valence-corrected chi connectivity index (χ1v) is 7.67. The van der Waals surface area contributed by atoms with Gasteiger partial charge < -0.3 is 10.1 Å². The fourth-order valence-electron chi connectivity index (χ4n) is 1.97. The molecule has 19 heavy (non-hydrogen) atoms. The summed E-state index contributed by atoms with van der Waals surface area (Å²) in [4.78, 5) is 0. The number of nitrogens with one attached hydrogen (secondary N) is 1. The Bertz CT molecular complexity index is 319. The smallest absolute Gasteiger partial charge is 0.119 e. The van der Waals surface area contributed by atoms with Gasteiger partial charge in [0.1, 0.15) is 5.75 Å². The van der Waals surface area contributed by atoms with E-state index in [0.717, 1.165) is 31.9 Å². The Hall–Kier alpha value is -1.02. The van der Waals surface area contributed by atoms with Gasteiger partial charge in [-0.05, 0) is 62.4 Å².